The van der Waals surface area contributed by atoms with Crippen molar-refractivity contribution >= 4 is 5.69 Å². The van der Waals surface area contributed by atoms with Crippen molar-refractivity contribution in [3.05, 3.63) is 42.2 Å². The van der Waals surface area contributed by atoms with Gasteiger partial charge in [-0.2, -0.15) is 5.26 Å². The van der Waals surface area contributed by atoms with Gasteiger partial charge in [0, 0.05) is 37.1 Å². The molecule has 1 aromatic heterocycles. The summed E-state index contributed by atoms with van der Waals surface area (Å²) in [5, 5.41) is 9.13. The maximum Gasteiger partial charge on any atom is 0.120 e. The average Bonchev–Trinajstić information content (AvgIpc) is 2.99. The summed E-state index contributed by atoms with van der Waals surface area (Å²) < 4.78 is 7.36. The number of hydrogen-bond acceptors (Lipinski definition) is 3. The molecule has 4 nitrogen and oxygen atoms in total. The minimum Gasteiger partial charge on any atom is -0.378 e. The lowest BCUT2D eigenvalue weighted by Gasteiger charge is -2.28. The molecule has 2 aromatic rings. The summed E-state index contributed by atoms with van der Waals surface area (Å²) in [5.74, 6) is 0. The van der Waals surface area contributed by atoms with Gasteiger partial charge in [0.25, 0.3) is 0 Å². The average molecular weight is 281 g/mol. The predicted octanol–water partition coefficient (Wildman–Crippen LogP) is 2.88. The summed E-state index contributed by atoms with van der Waals surface area (Å²) in [6, 6.07) is 12.7. The highest BCUT2D eigenvalue weighted by atomic mass is 16.5. The van der Waals surface area contributed by atoms with E-state index >= 15 is 0 Å². The molecular formula is C17H19N3O. The van der Waals surface area contributed by atoms with Crippen LogP contribution < -0.4 is 4.90 Å². The third-order valence-corrected chi connectivity index (χ3v) is 3.93. The Kier molecular flexibility index (Phi) is 3.94. The van der Waals surface area contributed by atoms with Gasteiger partial charge in [0.05, 0.1) is 13.2 Å². The van der Waals surface area contributed by atoms with E-state index in [1.165, 1.54) is 5.69 Å². The molecule has 0 saturated carbocycles. The van der Waals surface area contributed by atoms with Crippen molar-refractivity contribution in [1.29, 1.82) is 5.26 Å². The Morgan fingerprint density at radius 2 is 1.86 bits per heavy atom. The fraction of sp³-hybridized carbons (Fsp3) is 0.353. The molecule has 1 aliphatic heterocycles. The molecule has 2 heterocycles. The van der Waals surface area contributed by atoms with E-state index in [9.17, 15) is 0 Å². The van der Waals surface area contributed by atoms with Crippen LogP contribution in [0.4, 0.5) is 5.69 Å². The van der Waals surface area contributed by atoms with E-state index in [1.807, 2.05) is 23.8 Å². The van der Waals surface area contributed by atoms with Crippen LogP contribution in [0.3, 0.4) is 0 Å². The second-order valence-corrected chi connectivity index (χ2v) is 5.16. The summed E-state index contributed by atoms with van der Waals surface area (Å²) in [6.07, 6.45) is 2.04. The number of benzene rings is 1. The van der Waals surface area contributed by atoms with Crippen molar-refractivity contribution in [3.8, 4) is 17.2 Å². The van der Waals surface area contributed by atoms with Crippen LogP contribution in [0.1, 0.15) is 12.6 Å². The third-order valence-electron chi connectivity index (χ3n) is 3.93. The van der Waals surface area contributed by atoms with Crippen molar-refractivity contribution in [2.24, 2.45) is 0 Å². The number of ether oxygens (including phenoxy) is 1. The van der Waals surface area contributed by atoms with E-state index in [4.69, 9.17) is 10.00 Å². The number of aryl methyl sites for hydroxylation is 1. The molecule has 108 valence electrons. The molecule has 21 heavy (non-hydrogen) atoms. The van der Waals surface area contributed by atoms with E-state index in [-0.39, 0.29) is 0 Å². The van der Waals surface area contributed by atoms with Gasteiger partial charge in [0.1, 0.15) is 11.8 Å². The van der Waals surface area contributed by atoms with Crippen molar-refractivity contribution in [3.63, 3.8) is 0 Å². The normalized spacial score (nSPS) is 15.0. The first-order valence-electron chi connectivity index (χ1n) is 7.35. The number of aromatic nitrogens is 1. The molecule has 0 atom stereocenters. The Bertz CT molecular complexity index is 646. The molecule has 0 N–H and O–H groups in total. The molecule has 1 fully saturated rings. The Labute approximate surface area is 125 Å². The second kappa shape index (κ2) is 6.02. The van der Waals surface area contributed by atoms with E-state index in [0.717, 1.165) is 44.0 Å². The molecule has 1 saturated heterocycles. The summed E-state index contributed by atoms with van der Waals surface area (Å²) >= 11 is 0. The number of morpholine rings is 1. The van der Waals surface area contributed by atoms with Crippen LogP contribution in [0.2, 0.25) is 0 Å². The summed E-state index contributed by atoms with van der Waals surface area (Å²) in [6.45, 7) is 6.36. The van der Waals surface area contributed by atoms with Gasteiger partial charge in [-0.05, 0) is 30.7 Å². The number of nitriles is 1. The van der Waals surface area contributed by atoms with E-state index < -0.39 is 0 Å². The molecule has 3 rings (SSSR count). The third kappa shape index (κ3) is 2.79. The molecule has 1 aromatic carbocycles. The molecule has 4 heteroatoms. The quantitative estimate of drug-likeness (QED) is 0.868. The van der Waals surface area contributed by atoms with Crippen LogP contribution in [-0.4, -0.2) is 30.9 Å². The Hall–Kier alpha value is -2.25. The van der Waals surface area contributed by atoms with Crippen molar-refractivity contribution in [1.82, 2.24) is 4.57 Å². The summed E-state index contributed by atoms with van der Waals surface area (Å²) in [7, 11) is 0. The number of hydrogen-bond donors (Lipinski definition) is 0. The molecule has 0 aliphatic carbocycles. The number of nitrogens with zero attached hydrogens (tertiary/aromatic N) is 3. The van der Waals surface area contributed by atoms with Crippen LogP contribution >= 0.6 is 0 Å². The topological polar surface area (TPSA) is 41.2 Å². The zero-order valence-electron chi connectivity index (χ0n) is 12.2. The Balaban J connectivity index is 1.83. The Morgan fingerprint density at radius 1 is 1.14 bits per heavy atom. The van der Waals surface area contributed by atoms with E-state index in [1.54, 1.807) is 0 Å². The lowest BCUT2D eigenvalue weighted by Crippen LogP contribution is -2.36. The van der Waals surface area contributed by atoms with Gasteiger partial charge in [0.15, 0.2) is 0 Å². The SMILES string of the molecule is CCn1cc(-c2ccc(N3CCOCC3)cc2)cc1C#N. The highest BCUT2D eigenvalue weighted by Crippen LogP contribution is 2.25. The molecule has 0 unspecified atom stereocenters. The lowest BCUT2D eigenvalue weighted by molar-refractivity contribution is 0.122. The smallest absolute Gasteiger partial charge is 0.120 e. The number of rotatable bonds is 3. The van der Waals surface area contributed by atoms with E-state index in [2.05, 4.69) is 35.2 Å². The van der Waals surface area contributed by atoms with Crippen LogP contribution in [0.25, 0.3) is 11.1 Å². The fourth-order valence-corrected chi connectivity index (χ4v) is 2.71. The van der Waals surface area contributed by atoms with Crippen molar-refractivity contribution in [2.45, 2.75) is 13.5 Å². The standard InChI is InChI=1S/C17H19N3O/c1-2-19-13-15(11-17(19)12-18)14-3-5-16(6-4-14)20-7-9-21-10-8-20/h3-6,11,13H,2,7-10H2,1H3. The first kappa shape index (κ1) is 13.7. The molecular weight excluding hydrogens is 262 g/mol. The zero-order valence-corrected chi connectivity index (χ0v) is 12.2. The molecule has 0 radical (unpaired) electrons. The summed E-state index contributed by atoms with van der Waals surface area (Å²) in [5.41, 5.74) is 4.19. The maximum atomic E-state index is 9.13. The molecule has 0 bridgehead atoms. The molecule has 0 spiro atoms. The molecule has 1 aliphatic rings. The fourth-order valence-electron chi connectivity index (χ4n) is 2.71. The van der Waals surface area contributed by atoms with Crippen LogP contribution in [0.5, 0.6) is 0 Å². The minimum absolute atomic E-state index is 0.713. The zero-order chi connectivity index (χ0) is 14.7. The second-order valence-electron chi connectivity index (χ2n) is 5.16. The molecule has 0 amide bonds. The van der Waals surface area contributed by atoms with Crippen LogP contribution in [-0.2, 0) is 11.3 Å². The largest absolute Gasteiger partial charge is 0.378 e. The first-order valence-corrected chi connectivity index (χ1v) is 7.35. The number of anilines is 1. The first-order chi connectivity index (χ1) is 10.3. The lowest BCUT2D eigenvalue weighted by atomic mass is 10.1. The van der Waals surface area contributed by atoms with Crippen molar-refractivity contribution in [2.75, 3.05) is 31.2 Å². The van der Waals surface area contributed by atoms with Gasteiger partial charge >= 0.3 is 0 Å². The van der Waals surface area contributed by atoms with Crippen molar-refractivity contribution < 1.29 is 4.74 Å². The highest BCUT2D eigenvalue weighted by Gasteiger charge is 2.11. The van der Waals surface area contributed by atoms with Gasteiger partial charge < -0.3 is 14.2 Å². The maximum absolute atomic E-state index is 9.13. The van der Waals surface area contributed by atoms with Crippen LogP contribution in [0.15, 0.2) is 36.5 Å². The monoisotopic (exact) mass is 281 g/mol. The highest BCUT2D eigenvalue weighted by molar-refractivity contribution is 5.67. The minimum atomic E-state index is 0.713. The van der Waals surface area contributed by atoms with Gasteiger partial charge in [0.2, 0.25) is 0 Å². The predicted molar refractivity (Wildman–Crippen MR) is 83.3 cm³/mol. The van der Waals surface area contributed by atoms with Crippen LogP contribution in [0, 0.1) is 11.3 Å². The van der Waals surface area contributed by atoms with Gasteiger partial charge in [-0.15, -0.1) is 0 Å². The Morgan fingerprint density at radius 3 is 2.43 bits per heavy atom. The van der Waals surface area contributed by atoms with Gasteiger partial charge in [-0.1, -0.05) is 12.1 Å². The summed E-state index contributed by atoms with van der Waals surface area (Å²) in [4.78, 5) is 2.34. The van der Waals surface area contributed by atoms with Gasteiger partial charge in [-0.3, -0.25) is 0 Å². The van der Waals surface area contributed by atoms with E-state index in [0.29, 0.717) is 5.69 Å². The van der Waals surface area contributed by atoms with Gasteiger partial charge in [-0.25, -0.2) is 0 Å².